The highest BCUT2D eigenvalue weighted by Gasteiger charge is 2.32. The molecular weight excluding hydrogens is 390 g/mol. The summed E-state index contributed by atoms with van der Waals surface area (Å²) in [5.41, 5.74) is 0.745. The van der Waals surface area contributed by atoms with Crippen molar-refractivity contribution in [1.29, 1.82) is 0 Å². The fourth-order valence-electron chi connectivity index (χ4n) is 2.08. The first-order valence-electron chi connectivity index (χ1n) is 6.52. The maximum absolute atomic E-state index is 12.9. The van der Waals surface area contributed by atoms with Crippen LogP contribution in [0, 0.1) is 3.57 Å². The summed E-state index contributed by atoms with van der Waals surface area (Å²) in [6, 6.07) is 13.6. The molecule has 0 aliphatic carbocycles. The average Bonchev–Trinajstić information content (AvgIpc) is 2.45. The Bertz CT molecular complexity index is 593. The maximum Gasteiger partial charge on any atom is 0.416 e. The van der Waals surface area contributed by atoms with Crippen LogP contribution in [0.15, 0.2) is 48.5 Å². The van der Waals surface area contributed by atoms with Gasteiger partial charge in [0.1, 0.15) is 0 Å². The van der Waals surface area contributed by atoms with Crippen molar-refractivity contribution in [3.8, 4) is 0 Å². The first-order valence-corrected chi connectivity index (χ1v) is 7.60. The predicted octanol–water partition coefficient (Wildman–Crippen LogP) is 5.16. The van der Waals surface area contributed by atoms with E-state index in [0.29, 0.717) is 0 Å². The van der Waals surface area contributed by atoms with Crippen LogP contribution in [0.25, 0.3) is 0 Å². The molecule has 2 aromatic rings. The minimum absolute atomic E-state index is 0.0108. The summed E-state index contributed by atoms with van der Waals surface area (Å²) in [4.78, 5) is 0. The van der Waals surface area contributed by atoms with Gasteiger partial charge in [-0.25, -0.2) is 0 Å². The second kappa shape index (κ2) is 6.79. The van der Waals surface area contributed by atoms with Gasteiger partial charge < -0.3 is 5.32 Å². The largest absolute Gasteiger partial charge is 0.416 e. The van der Waals surface area contributed by atoms with Gasteiger partial charge in [-0.3, -0.25) is 0 Å². The summed E-state index contributed by atoms with van der Waals surface area (Å²) >= 11 is 2.22. The first kappa shape index (κ1) is 16.3. The zero-order valence-corrected chi connectivity index (χ0v) is 13.6. The molecule has 0 bridgehead atoms. The van der Waals surface area contributed by atoms with Crippen molar-refractivity contribution in [2.75, 3.05) is 0 Å². The van der Waals surface area contributed by atoms with E-state index in [2.05, 4.69) is 27.9 Å². The summed E-state index contributed by atoms with van der Waals surface area (Å²) in [7, 11) is 0. The topological polar surface area (TPSA) is 12.0 Å². The highest BCUT2D eigenvalue weighted by atomic mass is 127. The molecule has 0 saturated carbocycles. The Hall–Kier alpha value is -1.08. The Kier molecular flexibility index (Phi) is 5.27. The molecule has 0 aliphatic heterocycles. The SMILES string of the molecule is CC(NCc1ccccc1C(F)(F)F)c1ccc(I)cc1. The van der Waals surface area contributed by atoms with Gasteiger partial charge >= 0.3 is 6.18 Å². The molecule has 0 radical (unpaired) electrons. The van der Waals surface area contributed by atoms with Gasteiger partial charge in [0, 0.05) is 16.2 Å². The average molecular weight is 405 g/mol. The minimum atomic E-state index is -4.32. The number of nitrogens with one attached hydrogen (secondary N) is 1. The molecule has 0 spiro atoms. The van der Waals surface area contributed by atoms with Crippen molar-refractivity contribution in [3.05, 3.63) is 68.8 Å². The molecule has 1 atom stereocenters. The highest BCUT2D eigenvalue weighted by molar-refractivity contribution is 14.1. The first-order chi connectivity index (χ1) is 9.88. The Balaban J connectivity index is 2.08. The lowest BCUT2D eigenvalue weighted by atomic mass is 10.1. The maximum atomic E-state index is 12.9. The van der Waals surface area contributed by atoms with E-state index in [-0.39, 0.29) is 18.2 Å². The van der Waals surface area contributed by atoms with Crippen LogP contribution in [-0.2, 0) is 12.7 Å². The molecule has 1 N–H and O–H groups in total. The van der Waals surface area contributed by atoms with Gasteiger partial charge in [0.2, 0.25) is 0 Å². The molecule has 2 rings (SSSR count). The van der Waals surface area contributed by atoms with E-state index in [4.69, 9.17) is 0 Å². The van der Waals surface area contributed by atoms with Crippen molar-refractivity contribution in [1.82, 2.24) is 5.32 Å². The molecule has 0 saturated heterocycles. The van der Waals surface area contributed by atoms with E-state index in [0.717, 1.165) is 15.2 Å². The van der Waals surface area contributed by atoms with Crippen LogP contribution in [-0.4, -0.2) is 0 Å². The van der Waals surface area contributed by atoms with E-state index in [1.165, 1.54) is 12.1 Å². The van der Waals surface area contributed by atoms with Gasteiger partial charge in [-0.1, -0.05) is 30.3 Å². The second-order valence-corrected chi connectivity index (χ2v) is 6.05. The molecule has 1 unspecified atom stereocenters. The molecule has 0 aliphatic rings. The molecule has 1 nitrogen and oxygen atoms in total. The van der Waals surface area contributed by atoms with Gasteiger partial charge in [0.15, 0.2) is 0 Å². The van der Waals surface area contributed by atoms with Gasteiger partial charge in [0.25, 0.3) is 0 Å². The molecule has 2 aromatic carbocycles. The second-order valence-electron chi connectivity index (χ2n) is 4.81. The lowest BCUT2D eigenvalue weighted by Gasteiger charge is -2.17. The number of halogens is 4. The third-order valence-corrected chi connectivity index (χ3v) is 4.01. The van der Waals surface area contributed by atoms with Crippen LogP contribution in [0.4, 0.5) is 13.2 Å². The van der Waals surface area contributed by atoms with Crippen LogP contribution in [0.5, 0.6) is 0 Å². The standard InChI is InChI=1S/C16H15F3IN/c1-11(12-6-8-14(20)9-7-12)21-10-13-4-2-3-5-15(13)16(17,18)19/h2-9,11,21H,10H2,1H3. The van der Waals surface area contributed by atoms with E-state index < -0.39 is 11.7 Å². The van der Waals surface area contributed by atoms with Gasteiger partial charge in [-0.15, -0.1) is 0 Å². The molecule has 0 aromatic heterocycles. The van der Waals surface area contributed by atoms with Gasteiger partial charge in [-0.05, 0) is 58.8 Å². The monoisotopic (exact) mass is 405 g/mol. The fourth-order valence-corrected chi connectivity index (χ4v) is 2.44. The summed E-state index contributed by atoms with van der Waals surface area (Å²) in [6.07, 6.45) is -4.32. The van der Waals surface area contributed by atoms with Gasteiger partial charge in [-0.2, -0.15) is 13.2 Å². The molecule has 0 heterocycles. The van der Waals surface area contributed by atoms with Crippen LogP contribution >= 0.6 is 22.6 Å². The number of benzene rings is 2. The quantitative estimate of drug-likeness (QED) is 0.693. The summed E-state index contributed by atoms with van der Waals surface area (Å²) in [5.74, 6) is 0. The number of rotatable bonds is 4. The van der Waals surface area contributed by atoms with Crippen molar-refractivity contribution < 1.29 is 13.2 Å². The molecule has 112 valence electrons. The summed E-state index contributed by atoms with van der Waals surface area (Å²) in [5, 5.41) is 3.14. The summed E-state index contributed by atoms with van der Waals surface area (Å²) in [6.45, 7) is 2.13. The van der Waals surface area contributed by atoms with Crippen molar-refractivity contribution in [3.63, 3.8) is 0 Å². The van der Waals surface area contributed by atoms with E-state index in [1.54, 1.807) is 6.07 Å². The van der Waals surface area contributed by atoms with Crippen molar-refractivity contribution in [2.45, 2.75) is 25.7 Å². The Morgan fingerprint density at radius 3 is 2.29 bits per heavy atom. The Morgan fingerprint density at radius 2 is 1.67 bits per heavy atom. The number of hydrogen-bond donors (Lipinski definition) is 1. The van der Waals surface area contributed by atoms with Crippen LogP contribution in [0.1, 0.15) is 29.7 Å². The third-order valence-electron chi connectivity index (χ3n) is 3.29. The zero-order chi connectivity index (χ0) is 15.5. The lowest BCUT2D eigenvalue weighted by molar-refractivity contribution is -0.138. The molecular formula is C16H15F3IN. The normalized spacial score (nSPS) is 13.2. The summed E-state index contributed by atoms with van der Waals surface area (Å²) < 4.78 is 39.9. The van der Waals surface area contributed by atoms with Crippen LogP contribution in [0.2, 0.25) is 0 Å². The molecule has 5 heteroatoms. The zero-order valence-electron chi connectivity index (χ0n) is 11.4. The Morgan fingerprint density at radius 1 is 1.05 bits per heavy atom. The third kappa shape index (κ3) is 4.44. The van der Waals surface area contributed by atoms with Crippen LogP contribution < -0.4 is 5.32 Å². The number of alkyl halides is 3. The van der Waals surface area contributed by atoms with Gasteiger partial charge in [0.05, 0.1) is 5.56 Å². The smallest absolute Gasteiger partial charge is 0.306 e. The molecule has 21 heavy (non-hydrogen) atoms. The van der Waals surface area contributed by atoms with E-state index in [1.807, 2.05) is 31.2 Å². The number of hydrogen-bond acceptors (Lipinski definition) is 1. The lowest BCUT2D eigenvalue weighted by Crippen LogP contribution is -2.20. The minimum Gasteiger partial charge on any atom is -0.306 e. The fraction of sp³-hybridized carbons (Fsp3) is 0.250. The predicted molar refractivity (Wildman–Crippen MR) is 85.9 cm³/mol. The van der Waals surface area contributed by atoms with E-state index >= 15 is 0 Å². The molecule has 0 fully saturated rings. The molecule has 0 amide bonds. The highest BCUT2D eigenvalue weighted by Crippen LogP contribution is 2.32. The van der Waals surface area contributed by atoms with Crippen molar-refractivity contribution >= 4 is 22.6 Å². The van der Waals surface area contributed by atoms with Crippen molar-refractivity contribution in [2.24, 2.45) is 0 Å². The van der Waals surface area contributed by atoms with E-state index in [9.17, 15) is 13.2 Å². The Labute approximate surface area is 135 Å². The van der Waals surface area contributed by atoms with Crippen LogP contribution in [0.3, 0.4) is 0 Å².